The minimum Gasteiger partial charge on any atom is -0.345 e. The number of halogens is 1. The van der Waals surface area contributed by atoms with E-state index in [2.05, 4.69) is 27.4 Å². The molecule has 7 nitrogen and oxygen atoms in total. The van der Waals surface area contributed by atoms with Gasteiger partial charge in [0.1, 0.15) is 0 Å². The van der Waals surface area contributed by atoms with Crippen molar-refractivity contribution in [3.8, 4) is 0 Å². The fourth-order valence-corrected chi connectivity index (χ4v) is 3.84. The van der Waals surface area contributed by atoms with Crippen LogP contribution in [0.25, 0.3) is 0 Å². The third-order valence-corrected chi connectivity index (χ3v) is 6.08. The summed E-state index contributed by atoms with van der Waals surface area (Å²) in [5.41, 5.74) is 3.15. The first-order valence-electron chi connectivity index (χ1n) is 9.94. The minimum atomic E-state index is -0.191. The predicted octanol–water partition coefficient (Wildman–Crippen LogP) is 4.40. The molecule has 0 aliphatic carbocycles. The van der Waals surface area contributed by atoms with Crippen LogP contribution >= 0.6 is 23.4 Å². The number of aromatic nitrogens is 3. The standard InChI is InChI=1S/C23H24ClN5O2S/c1-4-12-29-20(13-25-22(31)17-10-8-15(2)9-11-17)27-28-23(29)32-14-21(30)26-19-7-5-6-18(24)16(19)3/h4-11H,1,12-14H2,2-3H3,(H,25,31)(H,26,30). The Morgan fingerprint density at radius 1 is 1.16 bits per heavy atom. The Bertz CT molecular complexity index is 1130. The fraction of sp³-hybridized carbons (Fsp3) is 0.217. The van der Waals surface area contributed by atoms with E-state index >= 15 is 0 Å². The number of anilines is 1. The maximum absolute atomic E-state index is 12.4. The number of amides is 2. The summed E-state index contributed by atoms with van der Waals surface area (Å²) in [5.74, 6) is 0.363. The Morgan fingerprint density at radius 3 is 2.62 bits per heavy atom. The second-order valence-corrected chi connectivity index (χ2v) is 8.45. The lowest BCUT2D eigenvalue weighted by molar-refractivity contribution is -0.113. The molecule has 3 rings (SSSR count). The normalized spacial score (nSPS) is 10.6. The first-order chi connectivity index (χ1) is 15.4. The molecule has 2 N–H and O–H groups in total. The van der Waals surface area contributed by atoms with Gasteiger partial charge in [0.2, 0.25) is 5.91 Å². The maximum atomic E-state index is 12.4. The summed E-state index contributed by atoms with van der Waals surface area (Å²) < 4.78 is 1.82. The zero-order chi connectivity index (χ0) is 23.1. The number of thioether (sulfide) groups is 1. The molecule has 3 aromatic rings. The van der Waals surface area contributed by atoms with Crippen LogP contribution in [0.3, 0.4) is 0 Å². The average Bonchev–Trinajstić information content (AvgIpc) is 3.16. The number of aryl methyl sites for hydroxylation is 1. The molecular formula is C23H24ClN5O2S. The van der Waals surface area contributed by atoms with Gasteiger partial charge in [-0.1, -0.05) is 53.2 Å². The van der Waals surface area contributed by atoms with Crippen molar-refractivity contribution in [2.75, 3.05) is 11.1 Å². The molecule has 0 unspecified atom stereocenters. The molecule has 0 aliphatic rings. The largest absolute Gasteiger partial charge is 0.345 e. The van der Waals surface area contributed by atoms with Crippen LogP contribution in [0.4, 0.5) is 5.69 Å². The average molecular weight is 470 g/mol. The summed E-state index contributed by atoms with van der Waals surface area (Å²) in [7, 11) is 0. The lowest BCUT2D eigenvalue weighted by Crippen LogP contribution is -2.24. The highest BCUT2D eigenvalue weighted by molar-refractivity contribution is 7.99. The Labute approximate surface area is 196 Å². The van der Waals surface area contributed by atoms with E-state index in [9.17, 15) is 9.59 Å². The van der Waals surface area contributed by atoms with Crippen molar-refractivity contribution < 1.29 is 9.59 Å². The van der Waals surface area contributed by atoms with Gasteiger partial charge in [-0.25, -0.2) is 0 Å². The molecule has 9 heteroatoms. The molecule has 1 aromatic heterocycles. The van der Waals surface area contributed by atoms with Crippen LogP contribution in [-0.2, 0) is 17.9 Å². The van der Waals surface area contributed by atoms with Crippen molar-refractivity contribution in [3.63, 3.8) is 0 Å². The van der Waals surface area contributed by atoms with Crippen molar-refractivity contribution in [1.29, 1.82) is 0 Å². The second kappa shape index (κ2) is 11.0. The van der Waals surface area contributed by atoms with Crippen molar-refractivity contribution in [3.05, 3.63) is 82.7 Å². The van der Waals surface area contributed by atoms with E-state index in [4.69, 9.17) is 11.6 Å². The van der Waals surface area contributed by atoms with E-state index < -0.39 is 0 Å². The Morgan fingerprint density at radius 2 is 1.91 bits per heavy atom. The SMILES string of the molecule is C=CCn1c(CNC(=O)c2ccc(C)cc2)nnc1SCC(=O)Nc1cccc(Cl)c1C. The number of nitrogens with zero attached hydrogens (tertiary/aromatic N) is 3. The molecule has 0 bridgehead atoms. The van der Waals surface area contributed by atoms with Crippen molar-refractivity contribution in [1.82, 2.24) is 20.1 Å². The Balaban J connectivity index is 1.61. The van der Waals surface area contributed by atoms with E-state index in [0.29, 0.717) is 33.8 Å². The van der Waals surface area contributed by atoms with Gasteiger partial charge >= 0.3 is 0 Å². The van der Waals surface area contributed by atoms with Gasteiger partial charge in [0.15, 0.2) is 11.0 Å². The lowest BCUT2D eigenvalue weighted by Gasteiger charge is -2.10. The number of carbonyl (C=O) groups excluding carboxylic acids is 2. The van der Waals surface area contributed by atoms with Gasteiger partial charge in [0, 0.05) is 22.8 Å². The van der Waals surface area contributed by atoms with Gasteiger partial charge in [-0.2, -0.15) is 0 Å². The van der Waals surface area contributed by atoms with Gasteiger partial charge < -0.3 is 15.2 Å². The molecule has 2 aromatic carbocycles. The molecular weight excluding hydrogens is 446 g/mol. The first-order valence-corrected chi connectivity index (χ1v) is 11.3. The third kappa shape index (κ3) is 5.99. The molecule has 166 valence electrons. The van der Waals surface area contributed by atoms with Crippen LogP contribution in [-0.4, -0.2) is 32.3 Å². The van der Waals surface area contributed by atoms with Crippen molar-refractivity contribution >= 4 is 40.9 Å². The Hall–Kier alpha value is -3.10. The minimum absolute atomic E-state index is 0.150. The number of hydrogen-bond acceptors (Lipinski definition) is 5. The molecule has 0 atom stereocenters. The quantitative estimate of drug-likeness (QED) is 0.358. The van der Waals surface area contributed by atoms with Crippen LogP contribution < -0.4 is 10.6 Å². The number of rotatable bonds is 9. The Kier molecular flexibility index (Phi) is 8.08. The summed E-state index contributed by atoms with van der Waals surface area (Å²) in [5, 5.41) is 15.3. The summed E-state index contributed by atoms with van der Waals surface area (Å²) in [6, 6.07) is 12.7. The molecule has 32 heavy (non-hydrogen) atoms. The summed E-state index contributed by atoms with van der Waals surface area (Å²) >= 11 is 7.37. The molecule has 0 saturated carbocycles. The molecule has 0 spiro atoms. The van der Waals surface area contributed by atoms with E-state index in [1.54, 1.807) is 36.4 Å². The van der Waals surface area contributed by atoms with Crippen LogP contribution in [0.5, 0.6) is 0 Å². The zero-order valence-corrected chi connectivity index (χ0v) is 19.5. The van der Waals surface area contributed by atoms with Gasteiger partial charge in [-0.3, -0.25) is 9.59 Å². The van der Waals surface area contributed by atoms with Crippen LogP contribution in [0, 0.1) is 13.8 Å². The molecule has 0 fully saturated rings. The van der Waals surface area contributed by atoms with E-state index in [-0.39, 0.29) is 24.1 Å². The second-order valence-electron chi connectivity index (χ2n) is 7.10. The number of hydrogen-bond donors (Lipinski definition) is 2. The summed E-state index contributed by atoms with van der Waals surface area (Å²) in [6.45, 7) is 8.26. The van der Waals surface area contributed by atoms with Crippen molar-refractivity contribution in [2.45, 2.75) is 32.1 Å². The van der Waals surface area contributed by atoms with E-state index in [1.807, 2.05) is 30.5 Å². The molecule has 0 saturated heterocycles. The topological polar surface area (TPSA) is 88.9 Å². The first kappa shape index (κ1) is 23.6. The van der Waals surface area contributed by atoms with Crippen LogP contribution in [0.2, 0.25) is 5.02 Å². The lowest BCUT2D eigenvalue weighted by atomic mass is 10.1. The highest BCUT2D eigenvalue weighted by Crippen LogP contribution is 2.24. The maximum Gasteiger partial charge on any atom is 0.251 e. The van der Waals surface area contributed by atoms with Gasteiger partial charge in [-0.05, 0) is 43.7 Å². The smallest absolute Gasteiger partial charge is 0.251 e. The van der Waals surface area contributed by atoms with Crippen LogP contribution in [0.1, 0.15) is 27.3 Å². The zero-order valence-electron chi connectivity index (χ0n) is 17.9. The summed E-state index contributed by atoms with van der Waals surface area (Å²) in [6.07, 6.45) is 1.72. The van der Waals surface area contributed by atoms with E-state index in [1.165, 1.54) is 11.8 Å². The number of allylic oxidation sites excluding steroid dienone is 1. The third-order valence-electron chi connectivity index (χ3n) is 4.70. The molecule has 1 heterocycles. The summed E-state index contributed by atoms with van der Waals surface area (Å²) in [4.78, 5) is 24.8. The number of nitrogens with one attached hydrogen (secondary N) is 2. The van der Waals surface area contributed by atoms with Gasteiger partial charge in [-0.15, -0.1) is 16.8 Å². The molecule has 2 amide bonds. The highest BCUT2D eigenvalue weighted by atomic mass is 35.5. The monoisotopic (exact) mass is 469 g/mol. The van der Waals surface area contributed by atoms with Gasteiger partial charge in [0.05, 0.1) is 12.3 Å². The van der Waals surface area contributed by atoms with Gasteiger partial charge in [0.25, 0.3) is 5.91 Å². The number of benzene rings is 2. The fourth-order valence-electron chi connectivity index (χ4n) is 2.89. The van der Waals surface area contributed by atoms with Crippen LogP contribution in [0.15, 0.2) is 60.3 Å². The molecule has 0 radical (unpaired) electrons. The van der Waals surface area contributed by atoms with Crippen molar-refractivity contribution in [2.24, 2.45) is 0 Å². The van der Waals surface area contributed by atoms with E-state index in [0.717, 1.165) is 11.1 Å². The predicted molar refractivity (Wildman–Crippen MR) is 128 cm³/mol. The highest BCUT2D eigenvalue weighted by Gasteiger charge is 2.15. The molecule has 0 aliphatic heterocycles. The number of carbonyl (C=O) groups is 2.